The number of benzene rings is 4. The molecule has 0 aliphatic heterocycles. The van der Waals surface area contributed by atoms with Gasteiger partial charge < -0.3 is 40.7 Å². The molecule has 12 nitrogen and oxygen atoms in total. The van der Waals surface area contributed by atoms with E-state index in [4.69, 9.17) is 9.47 Å². The zero-order valence-corrected chi connectivity index (χ0v) is 32.4. The molecule has 0 spiro atoms. The first-order chi connectivity index (χ1) is 26.8. The fourth-order valence-electron chi connectivity index (χ4n) is 6.80. The van der Waals surface area contributed by atoms with Crippen LogP contribution in [0.25, 0.3) is 6.08 Å². The molecule has 0 heterocycles. The molecule has 12 heteroatoms. The number of amides is 3. The Labute approximate surface area is 327 Å². The molecule has 0 saturated heterocycles. The highest BCUT2D eigenvalue weighted by Crippen LogP contribution is 2.32. The summed E-state index contributed by atoms with van der Waals surface area (Å²) in [5, 5.41) is 45.3. The van der Waals surface area contributed by atoms with Crippen molar-refractivity contribution in [1.82, 2.24) is 21.3 Å². The van der Waals surface area contributed by atoms with E-state index in [1.165, 1.54) is 25.3 Å². The Morgan fingerprint density at radius 1 is 0.857 bits per heavy atom. The van der Waals surface area contributed by atoms with Gasteiger partial charge in [0, 0.05) is 19.0 Å². The van der Waals surface area contributed by atoms with Gasteiger partial charge in [-0.1, -0.05) is 93.6 Å². The largest absolute Gasteiger partial charge is 0.504 e. The maximum atomic E-state index is 14.3. The van der Waals surface area contributed by atoms with Crippen molar-refractivity contribution < 1.29 is 39.2 Å². The average molecular weight is 765 g/mol. The predicted octanol–water partition coefficient (Wildman–Crippen LogP) is 3.97. The Hall–Kier alpha value is -5.69. The van der Waals surface area contributed by atoms with Gasteiger partial charge in [0.25, 0.3) is 0 Å². The Bertz CT molecular complexity index is 1980. The van der Waals surface area contributed by atoms with Crippen LogP contribution in [0.2, 0.25) is 0 Å². The number of nitrogens with one attached hydrogen (secondary N) is 4. The van der Waals surface area contributed by atoms with Crippen molar-refractivity contribution in [3.05, 3.63) is 131 Å². The number of methoxy groups -OCH3 is 2. The van der Waals surface area contributed by atoms with Crippen molar-refractivity contribution in [2.45, 2.75) is 76.5 Å². The second-order valence-corrected chi connectivity index (χ2v) is 15.0. The average Bonchev–Trinajstić information content (AvgIpc) is 3.49. The Morgan fingerprint density at radius 2 is 1.55 bits per heavy atom. The minimum Gasteiger partial charge on any atom is -0.504 e. The van der Waals surface area contributed by atoms with Gasteiger partial charge in [-0.15, -0.1) is 0 Å². The fourth-order valence-corrected chi connectivity index (χ4v) is 6.80. The predicted molar refractivity (Wildman–Crippen MR) is 214 cm³/mol. The number of carbonyl (C=O) groups is 3. The van der Waals surface area contributed by atoms with Crippen LogP contribution >= 0.6 is 0 Å². The van der Waals surface area contributed by atoms with Crippen LogP contribution in [-0.2, 0) is 33.8 Å². The van der Waals surface area contributed by atoms with Crippen molar-refractivity contribution in [2.24, 2.45) is 5.41 Å². The number of hydrogen-bond donors (Lipinski definition) is 7. The van der Waals surface area contributed by atoms with E-state index < -0.39 is 59.5 Å². The molecule has 1 aliphatic rings. The fraction of sp³-hybridized carbons (Fsp3) is 0.341. The topological polar surface area (TPSA) is 178 Å². The lowest BCUT2D eigenvalue weighted by Gasteiger charge is -2.35. The third kappa shape index (κ3) is 10.7. The van der Waals surface area contributed by atoms with Crippen molar-refractivity contribution in [1.29, 1.82) is 0 Å². The molecule has 4 aromatic carbocycles. The van der Waals surface area contributed by atoms with E-state index in [-0.39, 0.29) is 18.7 Å². The molecular weight excluding hydrogens is 713 g/mol. The first kappa shape index (κ1) is 41.5. The van der Waals surface area contributed by atoms with E-state index in [0.717, 1.165) is 22.3 Å². The van der Waals surface area contributed by atoms with Crippen LogP contribution in [0.4, 0.5) is 0 Å². The smallest absolute Gasteiger partial charge is 0.244 e. The number of fused-ring (bicyclic) bond motifs is 1. The molecule has 0 saturated carbocycles. The summed E-state index contributed by atoms with van der Waals surface area (Å²) >= 11 is 0. The number of phenolic OH excluding ortho intramolecular Hbond substituents is 1. The van der Waals surface area contributed by atoms with Gasteiger partial charge in [-0.3, -0.25) is 19.7 Å². The number of carbonyl (C=O) groups excluding carboxylic acids is 3. The summed E-state index contributed by atoms with van der Waals surface area (Å²) in [7, 11) is 3.01. The van der Waals surface area contributed by atoms with Crippen LogP contribution in [0.15, 0.2) is 103 Å². The molecule has 56 heavy (non-hydrogen) atoms. The molecule has 1 aliphatic carbocycles. The first-order valence-electron chi connectivity index (χ1n) is 18.6. The van der Waals surface area contributed by atoms with Gasteiger partial charge in [-0.25, -0.2) is 0 Å². The molecule has 5 rings (SSSR count). The quantitative estimate of drug-likeness (QED) is 0.0832. The lowest BCUT2D eigenvalue weighted by atomic mass is 9.85. The zero-order valence-electron chi connectivity index (χ0n) is 32.4. The molecule has 0 fully saturated rings. The Balaban J connectivity index is 1.41. The second kappa shape index (κ2) is 18.8. The molecule has 296 valence electrons. The number of ether oxygens (including phenoxy) is 2. The molecule has 6 atom stereocenters. The molecule has 0 radical (unpaired) electrons. The lowest BCUT2D eigenvalue weighted by molar-refractivity contribution is -0.133. The molecule has 0 unspecified atom stereocenters. The molecule has 3 amide bonds. The highest BCUT2D eigenvalue weighted by atomic mass is 16.5. The third-order valence-electron chi connectivity index (χ3n) is 9.89. The normalized spacial score (nSPS) is 17.3. The summed E-state index contributed by atoms with van der Waals surface area (Å²) in [6, 6.07) is 24.7. The number of aromatic hydroxyl groups is 1. The molecule has 0 aromatic heterocycles. The monoisotopic (exact) mass is 764 g/mol. The zero-order chi connectivity index (χ0) is 40.4. The van der Waals surface area contributed by atoms with Crippen molar-refractivity contribution in [3.8, 4) is 17.2 Å². The van der Waals surface area contributed by atoms with Crippen molar-refractivity contribution in [3.63, 3.8) is 0 Å². The second-order valence-electron chi connectivity index (χ2n) is 15.0. The van der Waals surface area contributed by atoms with Gasteiger partial charge in [0.05, 0.1) is 38.5 Å². The van der Waals surface area contributed by atoms with E-state index in [2.05, 4.69) is 21.3 Å². The number of aliphatic hydroxyl groups is 2. The van der Waals surface area contributed by atoms with Crippen LogP contribution in [0.1, 0.15) is 54.6 Å². The van der Waals surface area contributed by atoms with Crippen LogP contribution in [-0.4, -0.2) is 77.6 Å². The van der Waals surface area contributed by atoms with Crippen LogP contribution in [0.5, 0.6) is 17.2 Å². The number of aliphatic hydroxyl groups excluding tert-OH is 2. The summed E-state index contributed by atoms with van der Waals surface area (Å²) in [5.74, 6) is -0.798. The third-order valence-corrected chi connectivity index (χ3v) is 9.89. The van der Waals surface area contributed by atoms with Gasteiger partial charge in [-0.2, -0.15) is 0 Å². The molecule has 7 N–H and O–H groups in total. The van der Waals surface area contributed by atoms with E-state index in [1.54, 1.807) is 31.4 Å². The summed E-state index contributed by atoms with van der Waals surface area (Å²) in [6.07, 6.45) is 0.954. The Morgan fingerprint density at radius 3 is 2.21 bits per heavy atom. The van der Waals surface area contributed by atoms with Crippen molar-refractivity contribution >= 4 is 23.8 Å². The number of rotatable bonds is 16. The molecular formula is C44H52N4O8. The first-order valence-corrected chi connectivity index (χ1v) is 18.6. The number of hydrogen-bond acceptors (Lipinski definition) is 9. The standard InChI is InChI=1S/C44H52N4O8/c1-44(2,3)41(47-37(51)22-18-28-17-21-36(56-5)34(49)24-28)43(54)46-33(23-27-11-7-6-8-12-27)40(52)39(45-26-29-15-19-31(55-4)20-16-29)42(53)48-38-32-14-10-9-13-30(32)25-35(38)50/h6-22,24,33,35,38-41,45,49-50,52H,23,25-26H2,1-5H3,(H,46,54)(H,47,51)(H,48,53)/b22-18+/t33-,35+,38-,39+,40+,41+/m0/s1. The summed E-state index contributed by atoms with van der Waals surface area (Å²) < 4.78 is 10.4. The lowest BCUT2D eigenvalue weighted by Crippen LogP contribution is -2.62. The van der Waals surface area contributed by atoms with Crippen LogP contribution in [0.3, 0.4) is 0 Å². The van der Waals surface area contributed by atoms with Gasteiger partial charge in [0.15, 0.2) is 11.5 Å². The highest BCUT2D eigenvalue weighted by Gasteiger charge is 2.40. The SMILES string of the molecule is COc1ccc(CN[C@@H](C(=O)N[C@H]2c3ccccc3C[C@H]2O)[C@H](O)[C@H](Cc2ccccc2)NC(=O)[C@@H](NC(=O)/C=C/c2ccc(OC)c(O)c2)C(C)(C)C)cc1. The van der Waals surface area contributed by atoms with E-state index in [9.17, 15) is 29.7 Å². The van der Waals surface area contributed by atoms with Crippen LogP contribution in [0, 0.1) is 5.41 Å². The van der Waals surface area contributed by atoms with Gasteiger partial charge in [-0.05, 0) is 70.0 Å². The van der Waals surface area contributed by atoms with E-state index in [0.29, 0.717) is 23.5 Å². The summed E-state index contributed by atoms with van der Waals surface area (Å²) in [4.78, 5) is 41.7. The molecule has 4 aromatic rings. The minimum absolute atomic E-state index is 0.0836. The van der Waals surface area contributed by atoms with E-state index in [1.807, 2.05) is 87.5 Å². The summed E-state index contributed by atoms with van der Waals surface area (Å²) in [6.45, 7) is 5.61. The van der Waals surface area contributed by atoms with Gasteiger partial charge >= 0.3 is 0 Å². The van der Waals surface area contributed by atoms with Gasteiger partial charge in [0.1, 0.15) is 17.8 Å². The van der Waals surface area contributed by atoms with Crippen LogP contribution < -0.4 is 30.7 Å². The maximum absolute atomic E-state index is 14.3. The van der Waals surface area contributed by atoms with Gasteiger partial charge in [0.2, 0.25) is 17.7 Å². The summed E-state index contributed by atoms with van der Waals surface area (Å²) in [5.41, 5.74) is 3.11. The Kier molecular flexibility index (Phi) is 13.9. The minimum atomic E-state index is -1.48. The number of phenols is 1. The van der Waals surface area contributed by atoms with Crippen molar-refractivity contribution in [2.75, 3.05) is 14.2 Å². The molecule has 0 bridgehead atoms. The maximum Gasteiger partial charge on any atom is 0.244 e. The highest BCUT2D eigenvalue weighted by molar-refractivity contribution is 5.96. The van der Waals surface area contributed by atoms with E-state index >= 15 is 0 Å².